The van der Waals surface area contributed by atoms with Crippen molar-refractivity contribution in [1.29, 1.82) is 0 Å². The molecule has 0 radical (unpaired) electrons. The zero-order valence-corrected chi connectivity index (χ0v) is 12.8. The standard InChI is InChI=1S/C15H21N3O3/c1-15(2,3)21-12(19)9-18-11-8-6-5-7-10(11)13(17-4)14(16)20/h5-8,18H,9H2,1-4H3,(H2,16,20)/b17-13+. The number of aliphatic imine (C=N–C) groups is 1. The Hall–Kier alpha value is -2.37. The molecule has 114 valence electrons. The minimum atomic E-state index is -0.621. The molecule has 0 spiro atoms. The minimum Gasteiger partial charge on any atom is -0.459 e. The smallest absolute Gasteiger partial charge is 0.325 e. The molecule has 0 saturated carbocycles. The Bertz CT molecular complexity index is 560. The van der Waals surface area contributed by atoms with E-state index in [1.54, 1.807) is 45.0 Å². The van der Waals surface area contributed by atoms with Gasteiger partial charge in [0.05, 0.1) is 0 Å². The summed E-state index contributed by atoms with van der Waals surface area (Å²) in [6.45, 7) is 5.39. The molecule has 1 rings (SSSR count). The van der Waals surface area contributed by atoms with Gasteiger partial charge in [0.25, 0.3) is 5.91 Å². The van der Waals surface area contributed by atoms with Gasteiger partial charge in [0.1, 0.15) is 17.9 Å². The number of ether oxygens (including phenoxy) is 1. The van der Waals surface area contributed by atoms with Gasteiger partial charge in [-0.05, 0) is 26.8 Å². The highest BCUT2D eigenvalue weighted by molar-refractivity contribution is 6.46. The first-order valence-electron chi connectivity index (χ1n) is 6.56. The van der Waals surface area contributed by atoms with Gasteiger partial charge < -0.3 is 15.8 Å². The molecule has 6 heteroatoms. The molecule has 0 atom stereocenters. The molecular formula is C15H21N3O3. The predicted molar refractivity (Wildman–Crippen MR) is 82.4 cm³/mol. The van der Waals surface area contributed by atoms with Crippen LogP contribution in [0.2, 0.25) is 0 Å². The highest BCUT2D eigenvalue weighted by Crippen LogP contribution is 2.16. The second-order valence-electron chi connectivity index (χ2n) is 5.42. The van der Waals surface area contributed by atoms with E-state index < -0.39 is 11.5 Å². The van der Waals surface area contributed by atoms with Crippen LogP contribution in [-0.4, -0.2) is 36.8 Å². The van der Waals surface area contributed by atoms with Crippen molar-refractivity contribution < 1.29 is 14.3 Å². The number of nitrogens with two attached hydrogens (primary N) is 1. The van der Waals surface area contributed by atoms with Crippen molar-refractivity contribution in [2.24, 2.45) is 10.7 Å². The van der Waals surface area contributed by atoms with Crippen LogP contribution in [0, 0.1) is 0 Å². The van der Waals surface area contributed by atoms with Crippen molar-refractivity contribution in [3.8, 4) is 0 Å². The number of anilines is 1. The van der Waals surface area contributed by atoms with Crippen molar-refractivity contribution in [2.45, 2.75) is 26.4 Å². The zero-order chi connectivity index (χ0) is 16.0. The highest BCUT2D eigenvalue weighted by Gasteiger charge is 2.17. The molecule has 0 fully saturated rings. The number of primary amides is 1. The Balaban J connectivity index is 2.86. The fraction of sp³-hybridized carbons (Fsp3) is 0.400. The third-order valence-electron chi connectivity index (χ3n) is 2.48. The zero-order valence-electron chi connectivity index (χ0n) is 12.8. The van der Waals surface area contributed by atoms with Crippen LogP contribution in [0.4, 0.5) is 5.69 Å². The monoisotopic (exact) mass is 291 g/mol. The molecule has 0 heterocycles. The van der Waals surface area contributed by atoms with E-state index in [0.717, 1.165) is 0 Å². The molecule has 0 aliphatic carbocycles. The van der Waals surface area contributed by atoms with Crippen LogP contribution in [0.25, 0.3) is 0 Å². The normalized spacial score (nSPS) is 11.9. The van der Waals surface area contributed by atoms with E-state index in [-0.39, 0.29) is 18.2 Å². The summed E-state index contributed by atoms with van der Waals surface area (Å²) in [7, 11) is 1.49. The number of amides is 1. The summed E-state index contributed by atoms with van der Waals surface area (Å²) in [5.41, 5.74) is 6.06. The average Bonchev–Trinajstić information content (AvgIpc) is 2.36. The van der Waals surface area contributed by atoms with E-state index in [2.05, 4.69) is 10.3 Å². The molecule has 3 N–H and O–H groups in total. The first-order valence-corrected chi connectivity index (χ1v) is 6.56. The Labute approximate surface area is 124 Å². The molecule has 0 aliphatic rings. The predicted octanol–water partition coefficient (Wildman–Crippen LogP) is 1.34. The molecule has 0 unspecified atom stereocenters. The lowest BCUT2D eigenvalue weighted by Gasteiger charge is -2.20. The lowest BCUT2D eigenvalue weighted by Crippen LogP contribution is -2.29. The third kappa shape index (κ3) is 5.25. The topological polar surface area (TPSA) is 93.8 Å². The largest absolute Gasteiger partial charge is 0.459 e. The second-order valence-corrected chi connectivity index (χ2v) is 5.42. The maximum Gasteiger partial charge on any atom is 0.325 e. The maximum absolute atomic E-state index is 11.7. The van der Waals surface area contributed by atoms with Crippen LogP contribution in [0.3, 0.4) is 0 Å². The molecule has 0 aromatic heterocycles. The molecule has 1 amide bonds. The number of hydrogen-bond donors (Lipinski definition) is 2. The van der Waals surface area contributed by atoms with Gasteiger partial charge in [-0.15, -0.1) is 0 Å². The number of nitrogens with zero attached hydrogens (tertiary/aromatic N) is 1. The molecular weight excluding hydrogens is 270 g/mol. The van der Waals surface area contributed by atoms with E-state index in [9.17, 15) is 9.59 Å². The number of para-hydroxylation sites is 1. The van der Waals surface area contributed by atoms with Crippen molar-refractivity contribution in [3.63, 3.8) is 0 Å². The number of nitrogens with one attached hydrogen (secondary N) is 1. The van der Waals surface area contributed by atoms with E-state index in [0.29, 0.717) is 11.3 Å². The fourth-order valence-corrected chi connectivity index (χ4v) is 1.75. The molecule has 0 aliphatic heterocycles. The first kappa shape index (κ1) is 16.7. The van der Waals surface area contributed by atoms with Crippen LogP contribution >= 0.6 is 0 Å². The van der Waals surface area contributed by atoms with Gasteiger partial charge in [-0.25, -0.2) is 0 Å². The summed E-state index contributed by atoms with van der Waals surface area (Å²) >= 11 is 0. The minimum absolute atomic E-state index is 0.00988. The molecule has 6 nitrogen and oxygen atoms in total. The molecule has 1 aromatic rings. The van der Waals surface area contributed by atoms with Crippen molar-refractivity contribution >= 4 is 23.3 Å². The van der Waals surface area contributed by atoms with Gasteiger partial charge in [0.2, 0.25) is 0 Å². The van der Waals surface area contributed by atoms with E-state index in [1.165, 1.54) is 7.05 Å². The number of esters is 1. The summed E-state index contributed by atoms with van der Waals surface area (Å²) < 4.78 is 5.21. The number of benzene rings is 1. The first-order chi connectivity index (χ1) is 9.74. The summed E-state index contributed by atoms with van der Waals surface area (Å²) in [5, 5.41) is 2.94. The highest BCUT2D eigenvalue weighted by atomic mass is 16.6. The van der Waals surface area contributed by atoms with Crippen LogP contribution < -0.4 is 11.1 Å². The lowest BCUT2D eigenvalue weighted by atomic mass is 10.1. The van der Waals surface area contributed by atoms with Crippen molar-refractivity contribution in [1.82, 2.24) is 0 Å². The lowest BCUT2D eigenvalue weighted by molar-refractivity contribution is -0.152. The maximum atomic E-state index is 11.7. The van der Waals surface area contributed by atoms with Gasteiger partial charge in [0.15, 0.2) is 0 Å². The van der Waals surface area contributed by atoms with Gasteiger partial charge in [-0.3, -0.25) is 14.6 Å². The van der Waals surface area contributed by atoms with E-state index >= 15 is 0 Å². The number of rotatable bonds is 5. The third-order valence-corrected chi connectivity index (χ3v) is 2.48. The number of carbonyl (C=O) groups is 2. The summed E-state index contributed by atoms with van der Waals surface area (Å²) in [6.07, 6.45) is 0. The van der Waals surface area contributed by atoms with Gasteiger partial charge in [-0.1, -0.05) is 18.2 Å². The Kier molecular flexibility index (Phi) is 5.46. The number of hydrogen-bond acceptors (Lipinski definition) is 5. The Morgan fingerprint density at radius 1 is 1.29 bits per heavy atom. The van der Waals surface area contributed by atoms with E-state index in [1.807, 2.05) is 0 Å². The van der Waals surface area contributed by atoms with Crippen molar-refractivity contribution in [2.75, 3.05) is 18.9 Å². The Morgan fingerprint density at radius 2 is 1.90 bits per heavy atom. The second kappa shape index (κ2) is 6.88. The fourth-order valence-electron chi connectivity index (χ4n) is 1.75. The molecule has 21 heavy (non-hydrogen) atoms. The van der Waals surface area contributed by atoms with E-state index in [4.69, 9.17) is 10.5 Å². The SMILES string of the molecule is C/N=C(/C(N)=O)c1ccccc1NCC(=O)OC(C)(C)C. The van der Waals surface area contributed by atoms with Crippen LogP contribution in [-0.2, 0) is 14.3 Å². The molecule has 0 bridgehead atoms. The summed E-state index contributed by atoms with van der Waals surface area (Å²) in [5.74, 6) is -1.00. The van der Waals surface area contributed by atoms with Crippen molar-refractivity contribution in [3.05, 3.63) is 29.8 Å². The quantitative estimate of drug-likeness (QED) is 0.632. The molecule has 1 aromatic carbocycles. The van der Waals surface area contributed by atoms with Crippen LogP contribution in [0.15, 0.2) is 29.3 Å². The van der Waals surface area contributed by atoms with Crippen LogP contribution in [0.1, 0.15) is 26.3 Å². The van der Waals surface area contributed by atoms with Gasteiger partial charge in [-0.2, -0.15) is 0 Å². The number of carbonyl (C=O) groups excluding carboxylic acids is 2. The Morgan fingerprint density at radius 3 is 2.43 bits per heavy atom. The van der Waals surface area contributed by atoms with Gasteiger partial charge in [0, 0.05) is 18.3 Å². The average molecular weight is 291 g/mol. The van der Waals surface area contributed by atoms with Crippen LogP contribution in [0.5, 0.6) is 0 Å². The molecule has 0 saturated heterocycles. The van der Waals surface area contributed by atoms with Gasteiger partial charge >= 0.3 is 5.97 Å². The summed E-state index contributed by atoms with van der Waals surface area (Å²) in [4.78, 5) is 27.0. The summed E-state index contributed by atoms with van der Waals surface area (Å²) in [6, 6.07) is 7.01.